The lowest BCUT2D eigenvalue weighted by Crippen LogP contribution is -2.06. The smallest absolute Gasteiger partial charge is 0.180 e. The topological polar surface area (TPSA) is 90.7 Å². The molecule has 1 aromatic carbocycles. The van der Waals surface area contributed by atoms with Crippen LogP contribution in [0.3, 0.4) is 0 Å². The van der Waals surface area contributed by atoms with Crippen LogP contribution in [0.5, 0.6) is 0 Å². The molecule has 94 valence electrons. The van der Waals surface area contributed by atoms with Gasteiger partial charge in [-0.25, -0.2) is 15.0 Å². The van der Waals surface area contributed by atoms with E-state index in [1.54, 1.807) is 6.20 Å². The molecule has 0 bridgehead atoms. The Morgan fingerprint density at radius 3 is 2.63 bits per heavy atom. The Hall–Kier alpha value is -2.53. The zero-order valence-corrected chi connectivity index (χ0v) is 10.2. The normalized spacial score (nSPS) is 10.8. The van der Waals surface area contributed by atoms with Crippen LogP contribution in [-0.2, 0) is 6.54 Å². The van der Waals surface area contributed by atoms with Crippen LogP contribution >= 0.6 is 0 Å². The highest BCUT2D eigenvalue weighted by molar-refractivity contribution is 5.80. The summed E-state index contributed by atoms with van der Waals surface area (Å²) in [7, 11) is 0. The molecule has 5 nitrogen and oxygen atoms in total. The van der Waals surface area contributed by atoms with E-state index < -0.39 is 0 Å². The summed E-state index contributed by atoms with van der Waals surface area (Å²) in [5.41, 5.74) is 13.7. The summed E-state index contributed by atoms with van der Waals surface area (Å²) in [4.78, 5) is 13.0. The maximum Gasteiger partial charge on any atom is 0.180 e. The number of nitrogens with zero attached hydrogens (tertiary/aromatic N) is 3. The summed E-state index contributed by atoms with van der Waals surface area (Å²) >= 11 is 0. The average molecular weight is 251 g/mol. The highest BCUT2D eigenvalue weighted by Gasteiger charge is 2.07. The average Bonchev–Trinajstić information content (AvgIpc) is 2.46. The van der Waals surface area contributed by atoms with Gasteiger partial charge in [0.05, 0.1) is 5.52 Å². The highest BCUT2D eigenvalue weighted by Crippen LogP contribution is 2.19. The lowest BCUT2D eigenvalue weighted by molar-refractivity contribution is 1.02. The minimum atomic E-state index is 0.331. The van der Waals surface area contributed by atoms with Crippen molar-refractivity contribution in [3.05, 3.63) is 48.2 Å². The molecule has 0 atom stereocenters. The number of hydrogen-bond acceptors (Lipinski definition) is 5. The molecule has 0 saturated carbocycles. The van der Waals surface area contributed by atoms with Crippen molar-refractivity contribution in [2.75, 3.05) is 5.73 Å². The third-order valence-electron chi connectivity index (χ3n) is 2.95. The molecule has 2 heterocycles. The van der Waals surface area contributed by atoms with E-state index in [1.165, 1.54) is 0 Å². The van der Waals surface area contributed by atoms with Gasteiger partial charge >= 0.3 is 0 Å². The van der Waals surface area contributed by atoms with Crippen molar-refractivity contribution in [3.63, 3.8) is 0 Å². The quantitative estimate of drug-likeness (QED) is 0.723. The zero-order valence-electron chi connectivity index (χ0n) is 10.2. The lowest BCUT2D eigenvalue weighted by atomic mass is 10.2. The molecule has 3 rings (SSSR count). The largest absolute Gasteiger partial charge is 0.383 e. The maximum atomic E-state index is 5.82. The first-order chi connectivity index (χ1) is 9.28. The van der Waals surface area contributed by atoms with Gasteiger partial charge in [-0.05, 0) is 12.1 Å². The van der Waals surface area contributed by atoms with Crippen LogP contribution in [0.4, 0.5) is 5.82 Å². The van der Waals surface area contributed by atoms with Crippen LogP contribution in [0.15, 0.2) is 42.6 Å². The minimum absolute atomic E-state index is 0.331. The van der Waals surface area contributed by atoms with E-state index in [1.807, 2.05) is 36.4 Å². The van der Waals surface area contributed by atoms with E-state index in [0.29, 0.717) is 23.9 Å². The van der Waals surface area contributed by atoms with Crippen LogP contribution in [0.2, 0.25) is 0 Å². The minimum Gasteiger partial charge on any atom is -0.383 e. The summed E-state index contributed by atoms with van der Waals surface area (Å²) in [6, 6.07) is 11.8. The van der Waals surface area contributed by atoms with E-state index in [2.05, 4.69) is 15.0 Å². The van der Waals surface area contributed by atoms with E-state index in [0.717, 1.165) is 16.5 Å². The Balaban J connectivity index is 2.11. The van der Waals surface area contributed by atoms with Gasteiger partial charge < -0.3 is 11.5 Å². The molecule has 2 aromatic heterocycles. The van der Waals surface area contributed by atoms with Gasteiger partial charge in [-0.15, -0.1) is 0 Å². The van der Waals surface area contributed by atoms with Crippen molar-refractivity contribution >= 4 is 16.7 Å². The van der Waals surface area contributed by atoms with Crippen molar-refractivity contribution in [1.82, 2.24) is 15.0 Å². The van der Waals surface area contributed by atoms with Crippen LogP contribution in [0.1, 0.15) is 5.56 Å². The standard InChI is InChI=1S/C14H13N5/c15-7-10-8-17-14(19-13(10)16)12-6-5-9-3-1-2-4-11(9)18-12/h1-6,8H,7,15H2,(H2,16,17,19). The number of para-hydroxylation sites is 1. The Morgan fingerprint density at radius 2 is 1.84 bits per heavy atom. The van der Waals surface area contributed by atoms with Crippen LogP contribution in [0.25, 0.3) is 22.4 Å². The fraction of sp³-hybridized carbons (Fsp3) is 0.0714. The number of aromatic nitrogens is 3. The van der Waals surface area contributed by atoms with Gasteiger partial charge in [0.2, 0.25) is 0 Å². The molecule has 0 aliphatic carbocycles. The molecule has 5 heteroatoms. The molecule has 0 spiro atoms. The number of nitrogens with two attached hydrogens (primary N) is 2. The second-order valence-corrected chi connectivity index (χ2v) is 4.20. The monoisotopic (exact) mass is 251 g/mol. The van der Waals surface area contributed by atoms with Crippen LogP contribution < -0.4 is 11.5 Å². The maximum absolute atomic E-state index is 5.82. The zero-order chi connectivity index (χ0) is 13.2. The molecule has 0 fully saturated rings. The molecule has 0 unspecified atom stereocenters. The first-order valence-electron chi connectivity index (χ1n) is 5.95. The van der Waals surface area contributed by atoms with Crippen molar-refractivity contribution in [2.45, 2.75) is 6.54 Å². The molecule has 0 saturated heterocycles. The Morgan fingerprint density at radius 1 is 1.00 bits per heavy atom. The molecule has 0 amide bonds. The fourth-order valence-electron chi connectivity index (χ4n) is 1.89. The summed E-state index contributed by atoms with van der Waals surface area (Å²) in [6.45, 7) is 0.331. The molecular formula is C14H13N5. The highest BCUT2D eigenvalue weighted by atomic mass is 15.0. The molecule has 4 N–H and O–H groups in total. The van der Waals surface area contributed by atoms with Gasteiger partial charge in [0, 0.05) is 23.7 Å². The van der Waals surface area contributed by atoms with E-state index in [9.17, 15) is 0 Å². The van der Waals surface area contributed by atoms with Crippen LogP contribution in [0, 0.1) is 0 Å². The number of pyridine rings is 1. The third kappa shape index (κ3) is 2.11. The Kier molecular flexibility index (Phi) is 2.81. The number of rotatable bonds is 2. The number of benzene rings is 1. The number of anilines is 1. The summed E-state index contributed by atoms with van der Waals surface area (Å²) < 4.78 is 0. The summed E-state index contributed by atoms with van der Waals surface area (Å²) in [5, 5.41) is 1.08. The molecular weight excluding hydrogens is 238 g/mol. The first-order valence-corrected chi connectivity index (χ1v) is 5.95. The number of nitrogen functional groups attached to an aromatic ring is 1. The third-order valence-corrected chi connectivity index (χ3v) is 2.95. The van der Waals surface area contributed by atoms with E-state index >= 15 is 0 Å². The molecule has 0 aliphatic rings. The Labute approximate surface area is 110 Å². The summed E-state index contributed by atoms with van der Waals surface area (Å²) in [5.74, 6) is 0.919. The van der Waals surface area contributed by atoms with E-state index in [4.69, 9.17) is 11.5 Å². The second-order valence-electron chi connectivity index (χ2n) is 4.20. The van der Waals surface area contributed by atoms with Crippen molar-refractivity contribution in [2.24, 2.45) is 5.73 Å². The SMILES string of the molecule is NCc1cnc(-c2ccc3ccccc3n2)nc1N. The second kappa shape index (κ2) is 4.62. The van der Waals surface area contributed by atoms with E-state index in [-0.39, 0.29) is 0 Å². The van der Waals surface area contributed by atoms with Crippen LogP contribution in [-0.4, -0.2) is 15.0 Å². The number of hydrogen-bond donors (Lipinski definition) is 2. The predicted molar refractivity (Wildman–Crippen MR) is 75.1 cm³/mol. The van der Waals surface area contributed by atoms with Gasteiger partial charge in [0.25, 0.3) is 0 Å². The van der Waals surface area contributed by atoms with Gasteiger partial charge in [-0.3, -0.25) is 0 Å². The summed E-state index contributed by atoms with van der Waals surface area (Å²) in [6.07, 6.45) is 1.65. The number of fused-ring (bicyclic) bond motifs is 1. The molecule has 0 radical (unpaired) electrons. The van der Waals surface area contributed by atoms with Gasteiger partial charge in [-0.1, -0.05) is 24.3 Å². The molecule has 0 aliphatic heterocycles. The van der Waals surface area contributed by atoms with Crippen molar-refractivity contribution in [3.8, 4) is 11.5 Å². The van der Waals surface area contributed by atoms with Gasteiger partial charge in [0.15, 0.2) is 5.82 Å². The first kappa shape index (κ1) is 11.6. The van der Waals surface area contributed by atoms with Gasteiger partial charge in [0.1, 0.15) is 11.5 Å². The lowest BCUT2D eigenvalue weighted by Gasteiger charge is -2.05. The van der Waals surface area contributed by atoms with Crippen molar-refractivity contribution in [1.29, 1.82) is 0 Å². The van der Waals surface area contributed by atoms with Crippen molar-refractivity contribution < 1.29 is 0 Å². The molecule has 19 heavy (non-hydrogen) atoms. The predicted octanol–water partition coefficient (Wildman–Crippen LogP) is 1.73. The van der Waals surface area contributed by atoms with Gasteiger partial charge in [-0.2, -0.15) is 0 Å². The Bertz CT molecular complexity index is 739. The molecule has 3 aromatic rings. The fourth-order valence-corrected chi connectivity index (χ4v) is 1.89.